The first-order valence-electron chi connectivity index (χ1n) is 8.40. The van der Waals surface area contributed by atoms with Crippen LogP contribution in [0.3, 0.4) is 0 Å². The van der Waals surface area contributed by atoms with Crippen LogP contribution in [0.1, 0.15) is 60.6 Å². The number of nitrogens with zero attached hydrogens (tertiary/aromatic N) is 1. The first-order chi connectivity index (χ1) is 11.2. The summed E-state index contributed by atoms with van der Waals surface area (Å²) in [6.45, 7) is 12.3. The summed E-state index contributed by atoms with van der Waals surface area (Å²) < 4.78 is 16.0. The number of rotatable bonds is 4. The van der Waals surface area contributed by atoms with E-state index in [9.17, 15) is 9.18 Å². The van der Waals surface area contributed by atoms with E-state index in [2.05, 4.69) is 12.2 Å². The van der Waals surface area contributed by atoms with Crippen LogP contribution in [-0.2, 0) is 13.0 Å². The quantitative estimate of drug-likeness (QED) is 0.887. The molecule has 0 bridgehead atoms. The van der Waals surface area contributed by atoms with Gasteiger partial charge < -0.3 is 9.88 Å². The average Bonchev–Trinajstić information content (AvgIpc) is 2.70. The van der Waals surface area contributed by atoms with Crippen molar-refractivity contribution in [2.75, 3.05) is 0 Å². The highest BCUT2D eigenvalue weighted by Gasteiger charge is 2.25. The minimum atomic E-state index is -0.323. The molecule has 1 aromatic heterocycles. The summed E-state index contributed by atoms with van der Waals surface area (Å²) >= 11 is 0. The van der Waals surface area contributed by atoms with Crippen molar-refractivity contribution in [3.05, 3.63) is 58.2 Å². The summed E-state index contributed by atoms with van der Waals surface area (Å²) in [6, 6.07) is 6.72. The van der Waals surface area contributed by atoms with Crippen molar-refractivity contribution in [2.45, 2.75) is 60.0 Å². The Bertz CT molecular complexity index is 754. The lowest BCUT2D eigenvalue weighted by molar-refractivity contribution is 0.0909. The minimum Gasteiger partial charge on any atom is -0.346 e. The van der Waals surface area contributed by atoms with Gasteiger partial charge in [0.2, 0.25) is 0 Å². The Morgan fingerprint density at radius 3 is 2.38 bits per heavy atom. The molecule has 4 heteroatoms. The number of carbonyl (C=O) groups excluding carboxylic acids is 1. The zero-order chi connectivity index (χ0) is 18.1. The lowest BCUT2D eigenvalue weighted by atomic mass is 10.1. The van der Waals surface area contributed by atoms with E-state index in [1.54, 1.807) is 12.1 Å². The van der Waals surface area contributed by atoms with Crippen LogP contribution in [0.25, 0.3) is 0 Å². The molecule has 0 aliphatic heterocycles. The van der Waals surface area contributed by atoms with Gasteiger partial charge >= 0.3 is 0 Å². The standard InChI is InChI=1S/C20H27FN2O/c1-7-16-13(2)18(19(24)22-20(4,5)6)23(14(16)3)12-15-10-8-9-11-17(15)21/h8-11H,7,12H2,1-6H3,(H,22,24). The number of nitrogens with one attached hydrogen (secondary N) is 1. The van der Waals surface area contributed by atoms with Gasteiger partial charge in [-0.25, -0.2) is 4.39 Å². The highest BCUT2D eigenvalue weighted by atomic mass is 19.1. The van der Waals surface area contributed by atoms with Gasteiger partial charge in [-0.05, 0) is 58.2 Å². The van der Waals surface area contributed by atoms with Gasteiger partial charge in [0.05, 0.1) is 6.54 Å². The van der Waals surface area contributed by atoms with E-state index < -0.39 is 0 Å². The second kappa shape index (κ2) is 6.80. The normalized spacial score (nSPS) is 11.6. The molecule has 24 heavy (non-hydrogen) atoms. The summed E-state index contributed by atoms with van der Waals surface area (Å²) in [5, 5.41) is 3.03. The van der Waals surface area contributed by atoms with Gasteiger partial charge in [-0.1, -0.05) is 25.1 Å². The number of aromatic nitrogens is 1. The fraction of sp³-hybridized carbons (Fsp3) is 0.450. The molecule has 2 aromatic rings. The maximum absolute atomic E-state index is 14.1. The lowest BCUT2D eigenvalue weighted by Gasteiger charge is -2.22. The molecule has 0 aliphatic carbocycles. The third-order valence-corrected chi connectivity index (χ3v) is 4.26. The van der Waals surface area contributed by atoms with Gasteiger partial charge in [0.15, 0.2) is 0 Å². The minimum absolute atomic E-state index is 0.112. The van der Waals surface area contributed by atoms with Gasteiger partial charge in [0.1, 0.15) is 11.5 Å². The van der Waals surface area contributed by atoms with E-state index in [1.807, 2.05) is 45.3 Å². The van der Waals surface area contributed by atoms with Crippen LogP contribution in [0.2, 0.25) is 0 Å². The van der Waals surface area contributed by atoms with Crippen molar-refractivity contribution in [3.63, 3.8) is 0 Å². The van der Waals surface area contributed by atoms with Gasteiger partial charge in [0.25, 0.3) is 5.91 Å². The van der Waals surface area contributed by atoms with E-state index in [0.717, 1.165) is 23.2 Å². The van der Waals surface area contributed by atoms with E-state index in [0.29, 0.717) is 17.8 Å². The SMILES string of the molecule is CCc1c(C)c(C(=O)NC(C)(C)C)n(Cc2ccccc2F)c1C. The lowest BCUT2D eigenvalue weighted by Crippen LogP contribution is -2.41. The van der Waals surface area contributed by atoms with E-state index in [1.165, 1.54) is 6.07 Å². The third-order valence-electron chi connectivity index (χ3n) is 4.26. The Balaban J connectivity index is 2.53. The van der Waals surface area contributed by atoms with Gasteiger partial charge in [-0.15, -0.1) is 0 Å². The molecule has 3 nitrogen and oxygen atoms in total. The Kier molecular flexibility index (Phi) is 5.16. The summed E-state index contributed by atoms with van der Waals surface area (Å²) in [5.74, 6) is -0.359. The number of benzene rings is 1. The van der Waals surface area contributed by atoms with Crippen molar-refractivity contribution in [1.82, 2.24) is 9.88 Å². The maximum atomic E-state index is 14.1. The third kappa shape index (κ3) is 3.69. The van der Waals surface area contributed by atoms with Crippen molar-refractivity contribution >= 4 is 5.91 Å². The van der Waals surface area contributed by atoms with Gasteiger partial charge in [-0.2, -0.15) is 0 Å². The molecule has 0 saturated carbocycles. The first-order valence-corrected chi connectivity index (χ1v) is 8.40. The predicted octanol–water partition coefficient (Wildman–Crippen LogP) is 4.38. The Morgan fingerprint density at radius 1 is 1.21 bits per heavy atom. The van der Waals surface area contributed by atoms with Crippen molar-refractivity contribution in [3.8, 4) is 0 Å². The highest BCUT2D eigenvalue weighted by Crippen LogP contribution is 2.25. The number of halogens is 1. The molecule has 130 valence electrons. The van der Waals surface area contributed by atoms with Crippen LogP contribution in [0, 0.1) is 19.7 Å². The van der Waals surface area contributed by atoms with Crippen LogP contribution in [0.4, 0.5) is 4.39 Å². The summed E-state index contributed by atoms with van der Waals surface area (Å²) in [6.07, 6.45) is 0.845. The van der Waals surface area contributed by atoms with Crippen LogP contribution in [0.5, 0.6) is 0 Å². The molecule has 1 N–H and O–H groups in total. The summed E-state index contributed by atoms with van der Waals surface area (Å²) in [4.78, 5) is 12.8. The molecular weight excluding hydrogens is 303 g/mol. The zero-order valence-electron chi connectivity index (χ0n) is 15.5. The fourth-order valence-corrected chi connectivity index (χ4v) is 3.16. The number of amides is 1. The topological polar surface area (TPSA) is 34.0 Å². The molecule has 1 amide bonds. The van der Waals surface area contributed by atoms with E-state index in [-0.39, 0.29) is 17.3 Å². The van der Waals surface area contributed by atoms with E-state index in [4.69, 9.17) is 0 Å². The molecule has 1 heterocycles. The Labute approximate surface area is 143 Å². The molecule has 1 aromatic carbocycles. The largest absolute Gasteiger partial charge is 0.346 e. The maximum Gasteiger partial charge on any atom is 0.268 e. The van der Waals surface area contributed by atoms with Crippen LogP contribution in [0.15, 0.2) is 24.3 Å². The van der Waals surface area contributed by atoms with Crippen LogP contribution in [-0.4, -0.2) is 16.0 Å². The molecule has 2 rings (SSSR count). The summed E-state index contributed by atoms with van der Waals surface area (Å²) in [7, 11) is 0. The van der Waals surface area contributed by atoms with E-state index >= 15 is 0 Å². The predicted molar refractivity (Wildman–Crippen MR) is 96.0 cm³/mol. The second-order valence-corrected chi connectivity index (χ2v) is 7.27. The molecule has 0 aliphatic rings. The molecular formula is C20H27FN2O. The molecule has 0 fully saturated rings. The Hall–Kier alpha value is -2.10. The molecule has 0 radical (unpaired) electrons. The van der Waals surface area contributed by atoms with Crippen LogP contribution < -0.4 is 5.32 Å². The number of hydrogen-bond donors (Lipinski definition) is 1. The summed E-state index contributed by atoms with van der Waals surface area (Å²) in [5.41, 5.74) is 4.05. The van der Waals surface area contributed by atoms with Gasteiger partial charge in [-0.3, -0.25) is 4.79 Å². The van der Waals surface area contributed by atoms with Gasteiger partial charge in [0, 0.05) is 16.8 Å². The van der Waals surface area contributed by atoms with Crippen molar-refractivity contribution in [1.29, 1.82) is 0 Å². The average molecular weight is 330 g/mol. The zero-order valence-corrected chi connectivity index (χ0v) is 15.5. The molecule has 0 saturated heterocycles. The first kappa shape index (κ1) is 18.2. The monoisotopic (exact) mass is 330 g/mol. The number of hydrogen-bond acceptors (Lipinski definition) is 1. The second-order valence-electron chi connectivity index (χ2n) is 7.27. The van der Waals surface area contributed by atoms with Crippen LogP contribution >= 0.6 is 0 Å². The number of carbonyl (C=O) groups is 1. The highest BCUT2D eigenvalue weighted by molar-refractivity contribution is 5.95. The fourth-order valence-electron chi connectivity index (χ4n) is 3.16. The van der Waals surface area contributed by atoms with Crippen molar-refractivity contribution in [2.24, 2.45) is 0 Å². The molecule has 0 atom stereocenters. The molecule has 0 spiro atoms. The molecule has 0 unspecified atom stereocenters. The van der Waals surface area contributed by atoms with Crippen molar-refractivity contribution < 1.29 is 9.18 Å². The smallest absolute Gasteiger partial charge is 0.268 e. The Morgan fingerprint density at radius 2 is 1.83 bits per heavy atom.